The Kier molecular flexibility index (Phi) is 3.96. The van der Waals surface area contributed by atoms with Crippen LogP contribution in [0.2, 0.25) is 0 Å². The highest BCUT2D eigenvalue weighted by molar-refractivity contribution is 6.10. The molecular formula is C17H21N3O2. The van der Waals surface area contributed by atoms with E-state index in [9.17, 15) is 9.59 Å². The Labute approximate surface area is 129 Å². The van der Waals surface area contributed by atoms with Gasteiger partial charge in [0.2, 0.25) is 0 Å². The summed E-state index contributed by atoms with van der Waals surface area (Å²) in [5, 5.41) is 0.811. The van der Waals surface area contributed by atoms with Gasteiger partial charge in [0, 0.05) is 22.6 Å². The first kappa shape index (κ1) is 14.8. The molecule has 5 nitrogen and oxygen atoms in total. The van der Waals surface area contributed by atoms with E-state index in [0.29, 0.717) is 5.65 Å². The Morgan fingerprint density at radius 3 is 2.68 bits per heavy atom. The third-order valence-corrected chi connectivity index (χ3v) is 4.46. The van der Waals surface area contributed by atoms with Crippen molar-refractivity contribution < 1.29 is 9.59 Å². The second-order valence-corrected chi connectivity index (χ2v) is 6.03. The zero-order valence-corrected chi connectivity index (χ0v) is 12.8. The Morgan fingerprint density at radius 1 is 1.32 bits per heavy atom. The molecule has 3 rings (SSSR count). The lowest BCUT2D eigenvalue weighted by Gasteiger charge is -2.09. The molecule has 1 fully saturated rings. The standard InChI is InChI=1S/C17H21N3O2/c1-2-5-12-14(15(21)10-6-3-4-7-10)11-8-9-13(16(18)22)20-17(11)19-12/h8-10H,2-7H2,1H3,(H2,18,22)(H,19,20). The number of carbonyl (C=O) groups is 2. The van der Waals surface area contributed by atoms with E-state index in [1.54, 1.807) is 12.1 Å². The fraction of sp³-hybridized carbons (Fsp3) is 0.471. The molecule has 0 saturated heterocycles. The van der Waals surface area contributed by atoms with E-state index in [1.807, 2.05) is 0 Å². The van der Waals surface area contributed by atoms with Gasteiger partial charge >= 0.3 is 0 Å². The fourth-order valence-corrected chi connectivity index (χ4v) is 3.37. The van der Waals surface area contributed by atoms with Crippen LogP contribution in [-0.2, 0) is 6.42 Å². The number of aromatic nitrogens is 2. The molecule has 0 spiro atoms. The normalized spacial score (nSPS) is 15.5. The topological polar surface area (TPSA) is 88.8 Å². The van der Waals surface area contributed by atoms with E-state index in [0.717, 1.165) is 55.2 Å². The highest BCUT2D eigenvalue weighted by Crippen LogP contribution is 2.32. The minimum atomic E-state index is -0.558. The number of Topliss-reactive ketones (excluding diaryl/α,β-unsaturated/α-hetero) is 1. The number of H-pyrrole nitrogens is 1. The molecule has 1 amide bonds. The minimum Gasteiger partial charge on any atom is -0.364 e. The molecule has 5 heteroatoms. The number of carbonyl (C=O) groups excluding carboxylic acids is 2. The Hall–Kier alpha value is -2.17. The number of amides is 1. The minimum absolute atomic E-state index is 0.130. The van der Waals surface area contributed by atoms with Crippen LogP contribution in [0.1, 0.15) is 65.6 Å². The Morgan fingerprint density at radius 2 is 2.05 bits per heavy atom. The van der Waals surface area contributed by atoms with Gasteiger partial charge in [-0.05, 0) is 31.4 Å². The first-order valence-electron chi connectivity index (χ1n) is 7.97. The van der Waals surface area contributed by atoms with Gasteiger partial charge in [0.1, 0.15) is 11.3 Å². The van der Waals surface area contributed by atoms with Crippen LogP contribution in [0.5, 0.6) is 0 Å². The maximum Gasteiger partial charge on any atom is 0.267 e. The Bertz CT molecular complexity index is 727. The number of aryl methyl sites for hydroxylation is 1. The number of fused-ring (bicyclic) bond motifs is 1. The SMILES string of the molecule is CCCc1[nH]c2nc(C(N)=O)ccc2c1C(=O)C1CCCC1. The molecule has 1 saturated carbocycles. The predicted molar refractivity (Wildman–Crippen MR) is 84.9 cm³/mol. The van der Waals surface area contributed by atoms with Crippen LogP contribution in [0.4, 0.5) is 0 Å². The van der Waals surface area contributed by atoms with Gasteiger partial charge in [-0.3, -0.25) is 9.59 Å². The first-order valence-corrected chi connectivity index (χ1v) is 7.97. The van der Waals surface area contributed by atoms with Gasteiger partial charge in [-0.15, -0.1) is 0 Å². The number of nitrogens with two attached hydrogens (primary N) is 1. The van der Waals surface area contributed by atoms with Crippen molar-refractivity contribution >= 4 is 22.7 Å². The van der Waals surface area contributed by atoms with Crippen molar-refractivity contribution in [2.24, 2.45) is 11.7 Å². The molecule has 0 aliphatic heterocycles. The van der Waals surface area contributed by atoms with Crippen LogP contribution in [0.25, 0.3) is 11.0 Å². The number of ketones is 1. The third-order valence-electron chi connectivity index (χ3n) is 4.46. The lowest BCUT2D eigenvalue weighted by molar-refractivity contribution is 0.0923. The quantitative estimate of drug-likeness (QED) is 0.832. The van der Waals surface area contributed by atoms with Crippen molar-refractivity contribution in [1.82, 2.24) is 9.97 Å². The fourth-order valence-electron chi connectivity index (χ4n) is 3.37. The van der Waals surface area contributed by atoms with Crippen molar-refractivity contribution in [3.8, 4) is 0 Å². The van der Waals surface area contributed by atoms with Crippen molar-refractivity contribution in [3.63, 3.8) is 0 Å². The largest absolute Gasteiger partial charge is 0.364 e. The van der Waals surface area contributed by atoms with Crippen LogP contribution < -0.4 is 5.73 Å². The van der Waals surface area contributed by atoms with E-state index in [2.05, 4.69) is 16.9 Å². The molecular weight excluding hydrogens is 278 g/mol. The van der Waals surface area contributed by atoms with Gasteiger partial charge in [-0.2, -0.15) is 0 Å². The van der Waals surface area contributed by atoms with Crippen LogP contribution in [0.15, 0.2) is 12.1 Å². The number of pyridine rings is 1. The molecule has 1 aliphatic carbocycles. The monoisotopic (exact) mass is 299 g/mol. The second kappa shape index (κ2) is 5.91. The van der Waals surface area contributed by atoms with Crippen molar-refractivity contribution in [3.05, 3.63) is 29.1 Å². The summed E-state index contributed by atoms with van der Waals surface area (Å²) in [4.78, 5) is 31.7. The summed E-state index contributed by atoms with van der Waals surface area (Å²) in [6.45, 7) is 2.08. The summed E-state index contributed by atoms with van der Waals surface area (Å²) < 4.78 is 0. The van der Waals surface area contributed by atoms with Gasteiger partial charge in [0.05, 0.1) is 0 Å². The van der Waals surface area contributed by atoms with E-state index in [4.69, 9.17) is 5.73 Å². The van der Waals surface area contributed by atoms with Crippen LogP contribution in [0.3, 0.4) is 0 Å². The van der Waals surface area contributed by atoms with Crippen LogP contribution >= 0.6 is 0 Å². The smallest absolute Gasteiger partial charge is 0.267 e. The zero-order valence-electron chi connectivity index (χ0n) is 12.8. The number of hydrogen-bond donors (Lipinski definition) is 2. The highest BCUT2D eigenvalue weighted by Gasteiger charge is 2.28. The molecule has 0 aromatic carbocycles. The van der Waals surface area contributed by atoms with Crippen molar-refractivity contribution in [1.29, 1.82) is 0 Å². The maximum atomic E-state index is 12.9. The van der Waals surface area contributed by atoms with Crippen LogP contribution in [-0.4, -0.2) is 21.7 Å². The molecule has 0 bridgehead atoms. The number of nitrogens with one attached hydrogen (secondary N) is 1. The van der Waals surface area contributed by atoms with Gasteiger partial charge in [-0.1, -0.05) is 26.2 Å². The van der Waals surface area contributed by atoms with Gasteiger partial charge in [0.15, 0.2) is 5.78 Å². The maximum absolute atomic E-state index is 12.9. The summed E-state index contributed by atoms with van der Waals surface area (Å²) in [6, 6.07) is 3.39. The molecule has 3 N–H and O–H groups in total. The average Bonchev–Trinajstić information content (AvgIpc) is 3.13. The molecule has 2 aromatic rings. The molecule has 2 aromatic heterocycles. The molecule has 0 unspecified atom stereocenters. The number of rotatable bonds is 5. The van der Waals surface area contributed by atoms with Gasteiger partial charge < -0.3 is 10.7 Å². The van der Waals surface area contributed by atoms with E-state index < -0.39 is 5.91 Å². The van der Waals surface area contributed by atoms with Gasteiger partial charge in [0.25, 0.3) is 5.91 Å². The lowest BCUT2D eigenvalue weighted by atomic mass is 9.93. The zero-order chi connectivity index (χ0) is 15.7. The molecule has 22 heavy (non-hydrogen) atoms. The van der Waals surface area contributed by atoms with Gasteiger partial charge in [-0.25, -0.2) is 4.98 Å². The first-order chi connectivity index (χ1) is 10.6. The number of primary amides is 1. The molecule has 116 valence electrons. The number of aromatic amines is 1. The predicted octanol–water partition coefficient (Wildman–Crippen LogP) is 2.99. The number of nitrogens with zero attached hydrogens (tertiary/aromatic N) is 1. The highest BCUT2D eigenvalue weighted by atomic mass is 16.1. The van der Waals surface area contributed by atoms with Crippen LogP contribution in [0, 0.1) is 5.92 Å². The third kappa shape index (κ3) is 2.51. The molecule has 0 atom stereocenters. The summed E-state index contributed by atoms with van der Waals surface area (Å²) in [5.74, 6) is -0.205. The molecule has 0 radical (unpaired) electrons. The summed E-state index contributed by atoms with van der Waals surface area (Å²) in [6.07, 6.45) is 5.96. The van der Waals surface area contributed by atoms with E-state index >= 15 is 0 Å². The van der Waals surface area contributed by atoms with Crippen molar-refractivity contribution in [2.45, 2.75) is 45.4 Å². The summed E-state index contributed by atoms with van der Waals surface area (Å²) in [7, 11) is 0. The number of hydrogen-bond acceptors (Lipinski definition) is 3. The van der Waals surface area contributed by atoms with Crippen molar-refractivity contribution in [2.75, 3.05) is 0 Å². The molecule has 1 aliphatic rings. The Balaban J connectivity index is 2.11. The van der Waals surface area contributed by atoms with E-state index in [1.165, 1.54) is 0 Å². The molecule has 2 heterocycles. The average molecular weight is 299 g/mol. The van der Waals surface area contributed by atoms with E-state index in [-0.39, 0.29) is 17.4 Å². The summed E-state index contributed by atoms with van der Waals surface area (Å²) >= 11 is 0. The lowest BCUT2D eigenvalue weighted by Crippen LogP contribution is -2.13. The second-order valence-electron chi connectivity index (χ2n) is 6.03. The summed E-state index contributed by atoms with van der Waals surface area (Å²) in [5.41, 5.74) is 7.79.